The first-order valence-electron chi connectivity index (χ1n) is 6.40. The number of hydrogen-bond donors (Lipinski definition) is 1. The summed E-state index contributed by atoms with van der Waals surface area (Å²) in [6.45, 7) is 6.27. The van der Waals surface area contributed by atoms with Gasteiger partial charge in [0.2, 0.25) is 0 Å². The quantitative estimate of drug-likeness (QED) is 0.817. The van der Waals surface area contributed by atoms with E-state index in [0.717, 1.165) is 19.5 Å². The summed E-state index contributed by atoms with van der Waals surface area (Å²) in [4.78, 5) is 0. The predicted molar refractivity (Wildman–Crippen MR) is 74.5 cm³/mol. The number of aryl methyl sites for hydroxylation is 3. The Morgan fingerprint density at radius 2 is 1.94 bits per heavy atom. The van der Waals surface area contributed by atoms with Gasteiger partial charge in [-0.2, -0.15) is 5.10 Å². The molecule has 0 aliphatic heterocycles. The van der Waals surface area contributed by atoms with Crippen molar-refractivity contribution in [2.45, 2.75) is 26.8 Å². The molecular weight excluding hydrogens is 222 g/mol. The second kappa shape index (κ2) is 5.83. The molecule has 96 valence electrons. The number of rotatable bonds is 5. The Morgan fingerprint density at radius 3 is 2.56 bits per heavy atom. The maximum Gasteiger partial charge on any atom is 0.0522 e. The minimum atomic E-state index is 0.943. The third-order valence-electron chi connectivity index (χ3n) is 3.30. The van der Waals surface area contributed by atoms with Gasteiger partial charge in [0.15, 0.2) is 0 Å². The average Bonchev–Trinajstić information content (AvgIpc) is 2.73. The fourth-order valence-corrected chi connectivity index (χ4v) is 2.17. The minimum absolute atomic E-state index is 0.943. The number of aromatic nitrogens is 2. The largest absolute Gasteiger partial charge is 0.312 e. The first-order valence-corrected chi connectivity index (χ1v) is 6.40. The Balaban J connectivity index is 1.82. The minimum Gasteiger partial charge on any atom is -0.312 e. The molecule has 0 aliphatic rings. The van der Waals surface area contributed by atoms with Crippen LogP contribution in [0.5, 0.6) is 0 Å². The van der Waals surface area contributed by atoms with E-state index in [4.69, 9.17) is 0 Å². The van der Waals surface area contributed by atoms with E-state index in [1.807, 2.05) is 17.9 Å². The van der Waals surface area contributed by atoms with Gasteiger partial charge in [0.05, 0.1) is 6.20 Å². The highest BCUT2D eigenvalue weighted by Crippen LogP contribution is 2.12. The van der Waals surface area contributed by atoms with Crippen LogP contribution in [0.1, 0.15) is 22.3 Å². The van der Waals surface area contributed by atoms with E-state index >= 15 is 0 Å². The van der Waals surface area contributed by atoms with Crippen molar-refractivity contribution in [3.8, 4) is 0 Å². The molecule has 1 heterocycles. The van der Waals surface area contributed by atoms with Crippen LogP contribution in [-0.2, 0) is 20.0 Å². The van der Waals surface area contributed by atoms with Crippen LogP contribution < -0.4 is 5.32 Å². The highest BCUT2D eigenvalue weighted by atomic mass is 15.2. The predicted octanol–water partition coefficient (Wildman–Crippen LogP) is 2.37. The van der Waals surface area contributed by atoms with Gasteiger partial charge in [-0.3, -0.25) is 4.68 Å². The highest BCUT2D eigenvalue weighted by molar-refractivity contribution is 5.33. The first-order chi connectivity index (χ1) is 8.66. The van der Waals surface area contributed by atoms with Crippen LogP contribution in [0, 0.1) is 13.8 Å². The van der Waals surface area contributed by atoms with Crippen molar-refractivity contribution >= 4 is 0 Å². The van der Waals surface area contributed by atoms with Crippen molar-refractivity contribution in [2.75, 3.05) is 6.54 Å². The number of benzene rings is 1. The number of nitrogens with zero attached hydrogens (tertiary/aromatic N) is 2. The Morgan fingerprint density at radius 1 is 1.22 bits per heavy atom. The van der Waals surface area contributed by atoms with Crippen LogP contribution in [0.15, 0.2) is 30.6 Å². The highest BCUT2D eigenvalue weighted by Gasteiger charge is 2.01. The maximum absolute atomic E-state index is 4.17. The van der Waals surface area contributed by atoms with E-state index in [2.05, 4.69) is 48.7 Å². The van der Waals surface area contributed by atoms with Gasteiger partial charge in [0, 0.05) is 19.8 Å². The molecule has 0 saturated heterocycles. The smallest absolute Gasteiger partial charge is 0.0522 e. The molecule has 0 atom stereocenters. The summed E-state index contributed by atoms with van der Waals surface area (Å²) in [5, 5.41) is 7.67. The third-order valence-corrected chi connectivity index (χ3v) is 3.30. The van der Waals surface area contributed by atoms with Crippen molar-refractivity contribution in [3.63, 3.8) is 0 Å². The van der Waals surface area contributed by atoms with Gasteiger partial charge >= 0.3 is 0 Å². The van der Waals surface area contributed by atoms with Crippen LogP contribution in [-0.4, -0.2) is 16.3 Å². The monoisotopic (exact) mass is 243 g/mol. The lowest BCUT2D eigenvalue weighted by Crippen LogP contribution is -2.17. The van der Waals surface area contributed by atoms with Gasteiger partial charge in [-0.1, -0.05) is 18.2 Å². The van der Waals surface area contributed by atoms with E-state index in [0.29, 0.717) is 0 Å². The fourth-order valence-electron chi connectivity index (χ4n) is 2.17. The summed E-state index contributed by atoms with van der Waals surface area (Å²) >= 11 is 0. The van der Waals surface area contributed by atoms with Gasteiger partial charge in [0.1, 0.15) is 0 Å². The summed E-state index contributed by atoms with van der Waals surface area (Å²) in [6.07, 6.45) is 5.03. The molecule has 1 aromatic carbocycles. The summed E-state index contributed by atoms with van der Waals surface area (Å²) in [7, 11) is 1.95. The second-order valence-electron chi connectivity index (χ2n) is 4.82. The lowest BCUT2D eigenvalue weighted by Gasteiger charge is -2.10. The lowest BCUT2D eigenvalue weighted by atomic mass is 10.0. The molecule has 0 amide bonds. The van der Waals surface area contributed by atoms with E-state index in [1.54, 1.807) is 0 Å². The SMILES string of the molecule is Cc1cccc(C)c1CNCCc1cnn(C)c1. The maximum atomic E-state index is 4.17. The van der Waals surface area contributed by atoms with Crippen molar-refractivity contribution in [1.29, 1.82) is 0 Å². The van der Waals surface area contributed by atoms with Crippen LogP contribution in [0.25, 0.3) is 0 Å². The molecular formula is C15H21N3. The normalized spacial score (nSPS) is 10.8. The molecule has 2 aromatic rings. The Labute approximate surface area is 109 Å². The molecule has 0 aliphatic carbocycles. The molecule has 0 bridgehead atoms. The molecule has 0 unspecified atom stereocenters. The van der Waals surface area contributed by atoms with Gasteiger partial charge < -0.3 is 5.32 Å². The van der Waals surface area contributed by atoms with Crippen LogP contribution in [0.3, 0.4) is 0 Å². The third kappa shape index (κ3) is 3.20. The summed E-state index contributed by atoms with van der Waals surface area (Å²) in [6, 6.07) is 6.46. The number of hydrogen-bond acceptors (Lipinski definition) is 2. The zero-order valence-corrected chi connectivity index (χ0v) is 11.4. The second-order valence-corrected chi connectivity index (χ2v) is 4.82. The first kappa shape index (κ1) is 12.8. The average molecular weight is 243 g/mol. The van der Waals surface area contributed by atoms with Crippen LogP contribution in [0.2, 0.25) is 0 Å². The molecule has 1 aromatic heterocycles. The molecule has 3 nitrogen and oxygen atoms in total. The van der Waals surface area contributed by atoms with E-state index in [1.165, 1.54) is 22.3 Å². The lowest BCUT2D eigenvalue weighted by molar-refractivity contribution is 0.681. The van der Waals surface area contributed by atoms with E-state index < -0.39 is 0 Å². The van der Waals surface area contributed by atoms with Crippen molar-refractivity contribution < 1.29 is 0 Å². The topological polar surface area (TPSA) is 29.9 Å². The van der Waals surface area contributed by atoms with Crippen molar-refractivity contribution in [3.05, 3.63) is 52.8 Å². The van der Waals surface area contributed by atoms with Crippen LogP contribution in [0.4, 0.5) is 0 Å². The Kier molecular flexibility index (Phi) is 4.15. The van der Waals surface area contributed by atoms with Gasteiger partial charge in [0.25, 0.3) is 0 Å². The van der Waals surface area contributed by atoms with E-state index in [9.17, 15) is 0 Å². The molecule has 0 saturated carbocycles. The molecule has 2 rings (SSSR count). The standard InChI is InChI=1S/C15H21N3/c1-12-5-4-6-13(2)15(12)10-16-8-7-14-9-17-18(3)11-14/h4-6,9,11,16H,7-8,10H2,1-3H3. The summed E-state index contributed by atoms with van der Waals surface area (Å²) in [5.41, 5.74) is 5.43. The molecule has 18 heavy (non-hydrogen) atoms. The van der Waals surface area contributed by atoms with Crippen molar-refractivity contribution in [2.24, 2.45) is 7.05 Å². The summed E-state index contributed by atoms with van der Waals surface area (Å²) in [5.74, 6) is 0. The van der Waals surface area contributed by atoms with Crippen molar-refractivity contribution in [1.82, 2.24) is 15.1 Å². The Bertz CT molecular complexity index is 494. The van der Waals surface area contributed by atoms with E-state index in [-0.39, 0.29) is 0 Å². The van der Waals surface area contributed by atoms with Crippen LogP contribution >= 0.6 is 0 Å². The number of nitrogens with one attached hydrogen (secondary N) is 1. The van der Waals surface area contributed by atoms with Gasteiger partial charge in [-0.15, -0.1) is 0 Å². The molecule has 0 radical (unpaired) electrons. The molecule has 0 spiro atoms. The Hall–Kier alpha value is -1.61. The molecule has 1 N–H and O–H groups in total. The zero-order valence-electron chi connectivity index (χ0n) is 11.4. The zero-order chi connectivity index (χ0) is 13.0. The van der Waals surface area contributed by atoms with Gasteiger partial charge in [-0.05, 0) is 49.1 Å². The van der Waals surface area contributed by atoms with Gasteiger partial charge in [-0.25, -0.2) is 0 Å². The fraction of sp³-hybridized carbons (Fsp3) is 0.400. The molecule has 3 heteroatoms. The molecule has 0 fully saturated rings. The summed E-state index contributed by atoms with van der Waals surface area (Å²) < 4.78 is 1.85.